The van der Waals surface area contributed by atoms with Crippen molar-refractivity contribution in [2.45, 2.75) is 25.8 Å². The third-order valence-corrected chi connectivity index (χ3v) is 4.92. The minimum atomic E-state index is -0.136. The number of carbonyl (C=O) groups excluding carboxylic acids is 1. The SMILES string of the molecule is O=C(c1cn2c3c(cc(Br)cc3c1=O)CC2)N1CCCC1. The maximum absolute atomic E-state index is 12.7. The molecule has 0 saturated carbocycles. The lowest BCUT2D eigenvalue weighted by Gasteiger charge is -2.16. The molecule has 2 aliphatic rings. The van der Waals surface area contributed by atoms with Crippen LogP contribution in [0.4, 0.5) is 0 Å². The molecule has 1 aromatic heterocycles. The van der Waals surface area contributed by atoms with Gasteiger partial charge in [0, 0.05) is 35.7 Å². The van der Waals surface area contributed by atoms with Gasteiger partial charge in [-0.1, -0.05) is 15.9 Å². The van der Waals surface area contributed by atoms with Crippen molar-refractivity contribution in [3.05, 3.63) is 44.2 Å². The number of carbonyl (C=O) groups is 1. The summed E-state index contributed by atoms with van der Waals surface area (Å²) < 4.78 is 2.96. The van der Waals surface area contributed by atoms with Gasteiger partial charge in [-0.15, -0.1) is 0 Å². The van der Waals surface area contributed by atoms with Crippen LogP contribution < -0.4 is 5.43 Å². The van der Waals surface area contributed by atoms with Crippen LogP contribution in [-0.2, 0) is 13.0 Å². The van der Waals surface area contributed by atoms with E-state index in [0.717, 1.165) is 48.9 Å². The van der Waals surface area contributed by atoms with Gasteiger partial charge in [0.25, 0.3) is 5.91 Å². The fourth-order valence-corrected chi connectivity index (χ4v) is 3.95. The average Bonchev–Trinajstić information content (AvgIpc) is 3.12. The minimum absolute atomic E-state index is 0.114. The zero-order valence-electron chi connectivity index (χ0n) is 11.6. The molecule has 21 heavy (non-hydrogen) atoms. The lowest BCUT2D eigenvalue weighted by molar-refractivity contribution is 0.0791. The first-order chi connectivity index (χ1) is 10.1. The summed E-state index contributed by atoms with van der Waals surface area (Å²) in [6, 6.07) is 3.90. The van der Waals surface area contributed by atoms with Crippen LogP contribution in [0.1, 0.15) is 28.8 Å². The molecule has 2 aromatic rings. The summed E-state index contributed by atoms with van der Waals surface area (Å²) in [5, 5.41) is 0.655. The molecule has 0 bridgehead atoms. The molecule has 2 aliphatic heterocycles. The van der Waals surface area contributed by atoms with E-state index < -0.39 is 0 Å². The van der Waals surface area contributed by atoms with Gasteiger partial charge in [0.1, 0.15) is 5.56 Å². The molecule has 3 heterocycles. The molecule has 0 atom stereocenters. The number of amides is 1. The van der Waals surface area contributed by atoms with Gasteiger partial charge in [-0.3, -0.25) is 9.59 Å². The van der Waals surface area contributed by atoms with Crippen molar-refractivity contribution < 1.29 is 4.79 Å². The summed E-state index contributed by atoms with van der Waals surface area (Å²) in [6.07, 6.45) is 4.73. The standard InChI is InChI=1S/C16H15BrN2O2/c17-11-7-10-3-6-19-9-13(15(20)12(8-11)14(10)19)16(21)18-4-1-2-5-18/h7-9H,1-6H2. The van der Waals surface area contributed by atoms with Crippen LogP contribution in [-0.4, -0.2) is 28.5 Å². The van der Waals surface area contributed by atoms with Gasteiger partial charge in [-0.05, 0) is 37.0 Å². The first-order valence-electron chi connectivity index (χ1n) is 7.30. The molecule has 0 unspecified atom stereocenters. The van der Waals surface area contributed by atoms with Gasteiger partial charge < -0.3 is 9.47 Å². The number of benzene rings is 1. The molecular formula is C16H15BrN2O2. The summed E-state index contributed by atoms with van der Waals surface area (Å²) in [5.41, 5.74) is 2.34. The zero-order valence-corrected chi connectivity index (χ0v) is 13.1. The Morgan fingerprint density at radius 2 is 1.90 bits per heavy atom. The molecule has 1 saturated heterocycles. The summed E-state index contributed by atoms with van der Waals surface area (Å²) >= 11 is 3.47. The lowest BCUT2D eigenvalue weighted by atomic mass is 10.1. The van der Waals surface area contributed by atoms with Crippen LogP contribution in [0.25, 0.3) is 10.9 Å². The van der Waals surface area contributed by atoms with Crippen LogP contribution in [0.5, 0.6) is 0 Å². The number of aryl methyl sites for hydroxylation is 2. The van der Waals surface area contributed by atoms with E-state index in [1.54, 1.807) is 11.1 Å². The molecule has 0 N–H and O–H groups in total. The number of pyridine rings is 1. The number of aromatic nitrogens is 1. The highest BCUT2D eigenvalue weighted by molar-refractivity contribution is 9.10. The predicted molar refractivity (Wildman–Crippen MR) is 84.7 cm³/mol. The Bertz CT molecular complexity index is 819. The monoisotopic (exact) mass is 346 g/mol. The number of hydrogen-bond acceptors (Lipinski definition) is 2. The molecule has 4 rings (SSSR count). The normalized spacial score (nSPS) is 16.9. The number of rotatable bonds is 1. The minimum Gasteiger partial charge on any atom is -0.346 e. The van der Waals surface area contributed by atoms with Crippen molar-refractivity contribution in [1.29, 1.82) is 0 Å². The van der Waals surface area contributed by atoms with Crippen molar-refractivity contribution in [3.63, 3.8) is 0 Å². The van der Waals surface area contributed by atoms with Gasteiger partial charge in [-0.2, -0.15) is 0 Å². The largest absolute Gasteiger partial charge is 0.346 e. The van der Waals surface area contributed by atoms with E-state index in [0.29, 0.717) is 10.9 Å². The Hall–Kier alpha value is -1.62. The number of hydrogen-bond donors (Lipinski definition) is 0. The molecule has 108 valence electrons. The number of halogens is 1. The van der Waals surface area contributed by atoms with E-state index in [1.807, 2.05) is 6.07 Å². The molecule has 0 aliphatic carbocycles. The van der Waals surface area contributed by atoms with Crippen LogP contribution in [0.15, 0.2) is 27.6 Å². The first kappa shape index (κ1) is 13.1. The van der Waals surface area contributed by atoms with Crippen molar-refractivity contribution in [2.75, 3.05) is 13.1 Å². The van der Waals surface area contributed by atoms with Crippen LogP contribution in [0, 0.1) is 0 Å². The van der Waals surface area contributed by atoms with Gasteiger partial charge in [-0.25, -0.2) is 0 Å². The third kappa shape index (κ3) is 1.94. The van der Waals surface area contributed by atoms with Crippen molar-refractivity contribution in [1.82, 2.24) is 9.47 Å². The Labute approximate surface area is 130 Å². The Balaban J connectivity index is 1.95. The number of nitrogens with zero attached hydrogens (tertiary/aromatic N) is 2. The summed E-state index contributed by atoms with van der Waals surface area (Å²) in [7, 11) is 0. The van der Waals surface area contributed by atoms with Crippen molar-refractivity contribution >= 4 is 32.7 Å². The molecule has 4 nitrogen and oxygen atoms in total. The molecular weight excluding hydrogens is 332 g/mol. The Morgan fingerprint density at radius 1 is 1.14 bits per heavy atom. The summed E-state index contributed by atoms with van der Waals surface area (Å²) in [4.78, 5) is 27.1. The highest BCUT2D eigenvalue weighted by Crippen LogP contribution is 2.28. The Morgan fingerprint density at radius 3 is 2.67 bits per heavy atom. The van der Waals surface area contributed by atoms with E-state index in [2.05, 4.69) is 26.6 Å². The second-order valence-corrected chi connectivity index (χ2v) is 6.69. The lowest BCUT2D eigenvalue weighted by Crippen LogP contribution is -2.32. The highest BCUT2D eigenvalue weighted by atomic mass is 79.9. The van der Waals surface area contributed by atoms with E-state index in [9.17, 15) is 9.59 Å². The smallest absolute Gasteiger partial charge is 0.259 e. The molecule has 0 spiro atoms. The summed E-state index contributed by atoms with van der Waals surface area (Å²) in [5.74, 6) is -0.114. The van der Waals surface area contributed by atoms with Crippen molar-refractivity contribution in [3.8, 4) is 0 Å². The Kier molecular flexibility index (Phi) is 2.92. The second kappa shape index (κ2) is 4.70. The zero-order chi connectivity index (χ0) is 14.6. The van der Waals surface area contributed by atoms with E-state index in [1.165, 1.54) is 5.56 Å². The number of likely N-dealkylation sites (tertiary alicyclic amines) is 1. The first-order valence-corrected chi connectivity index (χ1v) is 8.09. The molecule has 1 amide bonds. The van der Waals surface area contributed by atoms with Crippen molar-refractivity contribution in [2.24, 2.45) is 0 Å². The molecule has 1 aromatic carbocycles. The van der Waals surface area contributed by atoms with E-state index >= 15 is 0 Å². The van der Waals surface area contributed by atoms with Crippen LogP contribution in [0.3, 0.4) is 0 Å². The van der Waals surface area contributed by atoms with Gasteiger partial charge in [0.15, 0.2) is 0 Å². The van der Waals surface area contributed by atoms with Gasteiger partial charge >= 0.3 is 0 Å². The van der Waals surface area contributed by atoms with Gasteiger partial charge in [0.2, 0.25) is 5.43 Å². The summed E-state index contributed by atoms with van der Waals surface area (Å²) in [6.45, 7) is 2.36. The molecule has 5 heteroatoms. The molecule has 0 radical (unpaired) electrons. The van der Waals surface area contributed by atoms with E-state index in [-0.39, 0.29) is 11.3 Å². The second-order valence-electron chi connectivity index (χ2n) is 5.78. The fourth-order valence-electron chi connectivity index (χ4n) is 3.44. The average molecular weight is 347 g/mol. The third-order valence-electron chi connectivity index (χ3n) is 4.46. The van der Waals surface area contributed by atoms with Crippen LogP contribution in [0.2, 0.25) is 0 Å². The van der Waals surface area contributed by atoms with Crippen LogP contribution >= 0.6 is 15.9 Å². The topological polar surface area (TPSA) is 42.3 Å². The van der Waals surface area contributed by atoms with Gasteiger partial charge in [0.05, 0.1) is 5.52 Å². The quantitative estimate of drug-likeness (QED) is 0.796. The predicted octanol–water partition coefficient (Wildman–Crippen LogP) is 2.56. The maximum atomic E-state index is 12.7. The molecule has 1 fully saturated rings. The maximum Gasteiger partial charge on any atom is 0.259 e. The highest BCUT2D eigenvalue weighted by Gasteiger charge is 2.25. The van der Waals surface area contributed by atoms with E-state index in [4.69, 9.17) is 0 Å². The fraction of sp³-hybridized carbons (Fsp3) is 0.375.